The van der Waals surface area contributed by atoms with Crippen molar-refractivity contribution in [2.24, 2.45) is 0 Å². The van der Waals surface area contributed by atoms with E-state index in [4.69, 9.17) is 0 Å². The Morgan fingerprint density at radius 3 is 2.48 bits per heavy atom. The van der Waals surface area contributed by atoms with E-state index in [0.29, 0.717) is 5.92 Å². The summed E-state index contributed by atoms with van der Waals surface area (Å²) in [5, 5.41) is 0. The van der Waals surface area contributed by atoms with Gasteiger partial charge in [-0.15, -0.1) is 0 Å². The first-order valence-electron chi connectivity index (χ1n) is 7.73. The molecule has 1 rings (SSSR count). The molecule has 116 valence electrons. The number of rotatable bonds is 9. The fourth-order valence-corrected chi connectivity index (χ4v) is 2.40. The van der Waals surface area contributed by atoms with Crippen LogP contribution in [0.3, 0.4) is 0 Å². The van der Waals surface area contributed by atoms with Gasteiger partial charge >= 0.3 is 5.97 Å². The van der Waals surface area contributed by atoms with Crippen LogP contribution in [0, 0.1) is 0 Å². The average molecular weight is 290 g/mol. The van der Waals surface area contributed by atoms with E-state index in [-0.39, 0.29) is 0 Å². The average Bonchev–Trinajstić information content (AvgIpc) is 2.51. The van der Waals surface area contributed by atoms with Crippen molar-refractivity contribution < 1.29 is 14.6 Å². The van der Waals surface area contributed by atoms with Gasteiger partial charge in [0.25, 0.3) is 0 Å². The molecule has 0 aliphatic carbocycles. The van der Waals surface area contributed by atoms with E-state index < -0.39 is 5.97 Å². The lowest BCUT2D eigenvalue weighted by molar-refractivity contribution is -0.249. The molecular weight excluding hydrogens is 264 g/mol. The molecule has 0 amide bonds. The van der Waals surface area contributed by atoms with Crippen LogP contribution in [-0.4, -0.2) is 13.1 Å². The first-order valence-corrected chi connectivity index (χ1v) is 7.73. The molecule has 1 unspecified atom stereocenters. The Labute approximate surface area is 127 Å². The van der Waals surface area contributed by atoms with Crippen molar-refractivity contribution in [1.82, 2.24) is 0 Å². The van der Waals surface area contributed by atoms with Gasteiger partial charge in [-0.1, -0.05) is 57.4 Å². The van der Waals surface area contributed by atoms with E-state index >= 15 is 0 Å². The summed E-state index contributed by atoms with van der Waals surface area (Å²) in [6.07, 6.45) is 9.36. The number of carbonyl (C=O) groups excluding carboxylic acids is 1. The van der Waals surface area contributed by atoms with E-state index in [1.165, 1.54) is 50.9 Å². The van der Waals surface area contributed by atoms with E-state index in [2.05, 4.69) is 35.8 Å². The minimum absolute atomic E-state index is 0.507. The Balaban J connectivity index is 2.61. The van der Waals surface area contributed by atoms with E-state index in [0.717, 1.165) is 5.56 Å². The van der Waals surface area contributed by atoms with Gasteiger partial charge in [0.05, 0.1) is 7.11 Å². The normalized spacial score (nSPS) is 12.5. The van der Waals surface area contributed by atoms with E-state index in [9.17, 15) is 4.79 Å². The van der Waals surface area contributed by atoms with Crippen LogP contribution >= 0.6 is 0 Å². The van der Waals surface area contributed by atoms with Gasteiger partial charge in [0.15, 0.2) is 0 Å². The van der Waals surface area contributed by atoms with Gasteiger partial charge in [0, 0.05) is 6.08 Å². The van der Waals surface area contributed by atoms with Crippen molar-refractivity contribution in [2.45, 2.75) is 51.9 Å². The highest BCUT2D eigenvalue weighted by molar-refractivity contribution is 5.86. The van der Waals surface area contributed by atoms with Crippen molar-refractivity contribution in [3.05, 3.63) is 41.5 Å². The summed E-state index contributed by atoms with van der Waals surface area (Å²) >= 11 is 0. The zero-order valence-electron chi connectivity index (χ0n) is 13.3. The Morgan fingerprint density at radius 1 is 1.19 bits per heavy atom. The predicted molar refractivity (Wildman–Crippen MR) is 85.8 cm³/mol. The smallest absolute Gasteiger partial charge is 0.294 e. The van der Waals surface area contributed by atoms with Crippen molar-refractivity contribution >= 4 is 12.0 Å². The monoisotopic (exact) mass is 290 g/mol. The van der Waals surface area contributed by atoms with Crippen LogP contribution in [-0.2, 0) is 14.6 Å². The molecule has 0 saturated heterocycles. The van der Waals surface area contributed by atoms with E-state index in [1.54, 1.807) is 6.08 Å². The van der Waals surface area contributed by atoms with E-state index in [1.807, 2.05) is 12.1 Å². The molecule has 0 saturated carbocycles. The summed E-state index contributed by atoms with van der Waals surface area (Å²) in [6, 6.07) is 8.38. The summed E-state index contributed by atoms with van der Waals surface area (Å²) in [4.78, 5) is 19.8. The SMILES string of the molecule is CCCCCC(CC)c1ccc(C=CC(=O)OOC)cc1. The molecule has 3 heteroatoms. The highest BCUT2D eigenvalue weighted by atomic mass is 17.2. The number of hydrogen-bond acceptors (Lipinski definition) is 3. The molecule has 0 spiro atoms. The molecule has 0 fully saturated rings. The Hall–Kier alpha value is -1.61. The summed E-state index contributed by atoms with van der Waals surface area (Å²) in [5.41, 5.74) is 2.36. The molecule has 1 atom stereocenters. The van der Waals surface area contributed by atoms with Gasteiger partial charge < -0.3 is 0 Å². The van der Waals surface area contributed by atoms with Crippen molar-refractivity contribution in [3.63, 3.8) is 0 Å². The fourth-order valence-electron chi connectivity index (χ4n) is 2.40. The molecule has 3 nitrogen and oxygen atoms in total. The van der Waals surface area contributed by atoms with Crippen LogP contribution in [0.2, 0.25) is 0 Å². The molecule has 0 N–H and O–H groups in total. The van der Waals surface area contributed by atoms with Crippen LogP contribution in [0.4, 0.5) is 0 Å². The van der Waals surface area contributed by atoms with Crippen molar-refractivity contribution in [2.75, 3.05) is 7.11 Å². The number of unbranched alkanes of at least 4 members (excludes halogenated alkanes) is 2. The fraction of sp³-hybridized carbons (Fsp3) is 0.500. The largest absolute Gasteiger partial charge is 0.365 e. The number of benzene rings is 1. The molecule has 0 radical (unpaired) electrons. The molecule has 1 aromatic carbocycles. The number of carbonyl (C=O) groups is 1. The third-order valence-corrected chi connectivity index (χ3v) is 3.63. The molecule has 0 bridgehead atoms. The van der Waals surface area contributed by atoms with Gasteiger partial charge in [-0.2, -0.15) is 4.89 Å². The molecule has 0 heterocycles. The highest BCUT2D eigenvalue weighted by Crippen LogP contribution is 2.26. The molecule has 1 aromatic rings. The van der Waals surface area contributed by atoms with Crippen LogP contribution in [0.25, 0.3) is 6.08 Å². The standard InChI is InChI=1S/C18H26O3/c1-4-6-7-8-16(5-2)17-12-9-15(10-13-17)11-14-18(19)21-20-3/h9-14,16H,4-8H2,1-3H3. The topological polar surface area (TPSA) is 35.5 Å². The van der Waals surface area contributed by atoms with Gasteiger partial charge in [-0.05, 0) is 36.0 Å². The first-order chi connectivity index (χ1) is 10.2. The Bertz CT molecular complexity index is 434. The summed E-state index contributed by atoms with van der Waals surface area (Å²) in [5.74, 6) is 0.126. The maximum absolute atomic E-state index is 11.2. The van der Waals surface area contributed by atoms with Gasteiger partial charge in [-0.25, -0.2) is 4.79 Å². The third-order valence-electron chi connectivity index (χ3n) is 3.63. The van der Waals surface area contributed by atoms with Crippen LogP contribution < -0.4 is 0 Å². The summed E-state index contributed by atoms with van der Waals surface area (Å²) in [6.45, 7) is 4.47. The van der Waals surface area contributed by atoms with Crippen LogP contribution in [0.1, 0.15) is 63.0 Å². The van der Waals surface area contributed by atoms with Crippen molar-refractivity contribution in [1.29, 1.82) is 0 Å². The first kappa shape index (κ1) is 17.4. The lowest BCUT2D eigenvalue weighted by atomic mass is 9.90. The van der Waals surface area contributed by atoms with Gasteiger partial charge in [-0.3, -0.25) is 4.89 Å². The Morgan fingerprint density at radius 2 is 1.90 bits per heavy atom. The maximum atomic E-state index is 11.2. The second kappa shape index (κ2) is 10.2. The quantitative estimate of drug-likeness (QED) is 0.281. The molecule has 0 aromatic heterocycles. The van der Waals surface area contributed by atoms with Crippen molar-refractivity contribution in [3.8, 4) is 0 Å². The maximum Gasteiger partial charge on any atom is 0.365 e. The predicted octanol–water partition coefficient (Wildman–Crippen LogP) is 4.88. The Kier molecular flexibility index (Phi) is 8.44. The third kappa shape index (κ3) is 6.58. The minimum atomic E-state index is -0.507. The second-order valence-electron chi connectivity index (χ2n) is 5.17. The lowest BCUT2D eigenvalue weighted by Crippen LogP contribution is -1.98. The molecule has 0 aliphatic heterocycles. The second-order valence-corrected chi connectivity index (χ2v) is 5.17. The molecular formula is C18H26O3. The zero-order valence-corrected chi connectivity index (χ0v) is 13.3. The number of hydrogen-bond donors (Lipinski definition) is 0. The molecule has 0 aliphatic rings. The van der Waals surface area contributed by atoms with Crippen LogP contribution in [0.5, 0.6) is 0 Å². The van der Waals surface area contributed by atoms with Gasteiger partial charge in [0.2, 0.25) is 0 Å². The zero-order chi connectivity index (χ0) is 15.5. The highest BCUT2D eigenvalue weighted by Gasteiger charge is 2.08. The summed E-state index contributed by atoms with van der Waals surface area (Å²) < 4.78 is 0. The lowest BCUT2D eigenvalue weighted by Gasteiger charge is -2.15. The molecule has 21 heavy (non-hydrogen) atoms. The van der Waals surface area contributed by atoms with Crippen LogP contribution in [0.15, 0.2) is 30.3 Å². The van der Waals surface area contributed by atoms with Gasteiger partial charge in [0.1, 0.15) is 0 Å². The minimum Gasteiger partial charge on any atom is -0.294 e. The summed E-state index contributed by atoms with van der Waals surface area (Å²) in [7, 11) is 1.31.